The summed E-state index contributed by atoms with van der Waals surface area (Å²) < 4.78 is 17.3. The van der Waals surface area contributed by atoms with E-state index in [-0.39, 0.29) is 23.0 Å². The van der Waals surface area contributed by atoms with Crippen molar-refractivity contribution >= 4 is 34.2 Å². The Labute approximate surface area is 224 Å². The minimum absolute atomic E-state index is 0.0477. The summed E-state index contributed by atoms with van der Waals surface area (Å²) in [7, 11) is 0. The summed E-state index contributed by atoms with van der Waals surface area (Å²) in [6.45, 7) is 2.65. The number of aromatic carboxylic acids is 1. The molecule has 3 aromatic carbocycles. The molecule has 6 rings (SSSR count). The van der Waals surface area contributed by atoms with E-state index in [2.05, 4.69) is 29.2 Å². The molecule has 0 bridgehead atoms. The number of piperazine rings is 1. The summed E-state index contributed by atoms with van der Waals surface area (Å²) >= 11 is 6.15. The van der Waals surface area contributed by atoms with Crippen molar-refractivity contribution in [2.75, 3.05) is 31.1 Å². The molecule has 2 aliphatic rings. The minimum atomic E-state index is -1.29. The molecule has 2 heterocycles. The van der Waals surface area contributed by atoms with Gasteiger partial charge in [-0.1, -0.05) is 54.1 Å². The number of aromatic nitrogens is 1. The molecule has 1 aromatic heterocycles. The van der Waals surface area contributed by atoms with Gasteiger partial charge in [0, 0.05) is 48.8 Å². The van der Waals surface area contributed by atoms with E-state index in [1.165, 1.54) is 17.8 Å². The highest BCUT2D eigenvalue weighted by atomic mass is 35.5. The van der Waals surface area contributed by atoms with Gasteiger partial charge >= 0.3 is 5.97 Å². The predicted molar refractivity (Wildman–Crippen MR) is 147 cm³/mol. The first-order valence-corrected chi connectivity index (χ1v) is 13.2. The first kappa shape index (κ1) is 24.6. The lowest BCUT2D eigenvalue weighted by atomic mass is 9.96. The topological polar surface area (TPSA) is 65.8 Å². The first-order chi connectivity index (χ1) is 18.4. The van der Waals surface area contributed by atoms with E-state index in [0.29, 0.717) is 42.4 Å². The van der Waals surface area contributed by atoms with Crippen LogP contribution in [-0.4, -0.2) is 46.7 Å². The average molecular weight is 532 g/mol. The molecule has 1 saturated heterocycles. The number of hydrogen-bond acceptors (Lipinski definition) is 4. The van der Waals surface area contributed by atoms with Crippen LogP contribution in [0.3, 0.4) is 0 Å². The van der Waals surface area contributed by atoms with Gasteiger partial charge in [0.15, 0.2) is 0 Å². The van der Waals surface area contributed by atoms with Gasteiger partial charge in [-0.15, -0.1) is 0 Å². The van der Waals surface area contributed by atoms with Gasteiger partial charge in [-0.25, -0.2) is 9.18 Å². The molecule has 38 heavy (non-hydrogen) atoms. The number of carboxylic acids is 1. The first-order valence-electron chi connectivity index (χ1n) is 12.8. The van der Waals surface area contributed by atoms with E-state index in [4.69, 9.17) is 11.6 Å². The molecule has 0 amide bonds. The van der Waals surface area contributed by atoms with Gasteiger partial charge < -0.3 is 14.6 Å². The molecule has 1 unspecified atom stereocenters. The van der Waals surface area contributed by atoms with Crippen LogP contribution in [0.2, 0.25) is 5.02 Å². The van der Waals surface area contributed by atoms with E-state index in [1.807, 2.05) is 39.8 Å². The highest BCUT2D eigenvalue weighted by molar-refractivity contribution is 6.30. The van der Waals surface area contributed by atoms with Crippen LogP contribution in [0.15, 0.2) is 77.7 Å². The quantitative estimate of drug-likeness (QED) is 0.344. The molecular formula is C30H27ClFN3O3. The second-order valence-electron chi connectivity index (χ2n) is 10.0. The van der Waals surface area contributed by atoms with Crippen molar-refractivity contribution in [3.8, 4) is 0 Å². The van der Waals surface area contributed by atoms with Gasteiger partial charge in [0.1, 0.15) is 11.4 Å². The Morgan fingerprint density at radius 3 is 2.24 bits per heavy atom. The summed E-state index contributed by atoms with van der Waals surface area (Å²) in [5.74, 6) is -1.80. The smallest absolute Gasteiger partial charge is 0.341 e. The highest BCUT2D eigenvalue weighted by Crippen LogP contribution is 2.38. The fourth-order valence-corrected chi connectivity index (χ4v) is 5.65. The van der Waals surface area contributed by atoms with Crippen molar-refractivity contribution in [3.63, 3.8) is 0 Å². The SMILES string of the molecule is O=C(O)c1cn(C2CC2)c2cc(N3CCN(C(c4ccccc4)c4ccc(Cl)cc4)CC3)c(F)cc2c1=O. The Morgan fingerprint density at radius 2 is 1.61 bits per heavy atom. The maximum atomic E-state index is 15.4. The van der Waals surface area contributed by atoms with Gasteiger partial charge in [-0.2, -0.15) is 0 Å². The Hall–Kier alpha value is -3.68. The molecule has 1 saturated carbocycles. The summed E-state index contributed by atoms with van der Waals surface area (Å²) in [5.41, 5.74) is 2.39. The van der Waals surface area contributed by atoms with Gasteiger partial charge in [-0.3, -0.25) is 9.69 Å². The Kier molecular flexibility index (Phi) is 6.41. The number of nitrogens with zero attached hydrogens (tertiary/aromatic N) is 3. The summed E-state index contributed by atoms with van der Waals surface area (Å²) in [6, 6.07) is 21.4. The van der Waals surface area contributed by atoms with Crippen LogP contribution < -0.4 is 10.3 Å². The van der Waals surface area contributed by atoms with Crippen LogP contribution in [0.25, 0.3) is 10.9 Å². The van der Waals surface area contributed by atoms with Crippen molar-refractivity contribution < 1.29 is 14.3 Å². The molecule has 1 N–H and O–H groups in total. The Bertz CT molecular complexity index is 1560. The van der Waals surface area contributed by atoms with Gasteiger partial charge in [0.05, 0.1) is 17.2 Å². The second-order valence-corrected chi connectivity index (χ2v) is 10.5. The predicted octanol–water partition coefficient (Wildman–Crippen LogP) is 5.74. The van der Waals surface area contributed by atoms with Crippen LogP contribution in [-0.2, 0) is 0 Å². The molecule has 4 aromatic rings. The molecule has 6 nitrogen and oxygen atoms in total. The number of anilines is 1. The van der Waals surface area contributed by atoms with Crippen LogP contribution in [0.1, 0.15) is 46.4 Å². The van der Waals surface area contributed by atoms with Gasteiger partial charge in [0.2, 0.25) is 5.43 Å². The number of hydrogen-bond donors (Lipinski definition) is 1. The largest absolute Gasteiger partial charge is 0.477 e. The van der Waals surface area contributed by atoms with Gasteiger partial charge in [-0.05, 0) is 48.2 Å². The van der Waals surface area contributed by atoms with Crippen molar-refractivity contribution in [2.24, 2.45) is 0 Å². The number of halogens is 2. The fourth-order valence-electron chi connectivity index (χ4n) is 5.52. The lowest BCUT2D eigenvalue weighted by Crippen LogP contribution is -2.48. The average Bonchev–Trinajstić information content (AvgIpc) is 3.77. The normalized spacial score (nSPS) is 17.1. The fraction of sp³-hybridized carbons (Fsp3) is 0.267. The number of benzene rings is 3. The van der Waals surface area contributed by atoms with Crippen LogP contribution in [0.4, 0.5) is 10.1 Å². The third-order valence-corrected chi connectivity index (χ3v) is 7.84. The molecular weight excluding hydrogens is 505 g/mol. The van der Waals surface area contributed by atoms with E-state index in [9.17, 15) is 14.7 Å². The zero-order chi connectivity index (χ0) is 26.4. The molecule has 0 spiro atoms. The molecule has 8 heteroatoms. The van der Waals surface area contributed by atoms with Crippen molar-refractivity contribution in [3.05, 3.63) is 111 Å². The minimum Gasteiger partial charge on any atom is -0.477 e. The van der Waals surface area contributed by atoms with Gasteiger partial charge in [0.25, 0.3) is 0 Å². The second kappa shape index (κ2) is 9.89. The van der Waals surface area contributed by atoms with Crippen LogP contribution >= 0.6 is 11.6 Å². The number of carbonyl (C=O) groups is 1. The van der Waals surface area contributed by atoms with E-state index < -0.39 is 17.2 Å². The summed E-state index contributed by atoms with van der Waals surface area (Å²) in [5, 5.41) is 10.3. The zero-order valence-corrected chi connectivity index (χ0v) is 21.4. The van der Waals surface area contributed by atoms with Crippen LogP contribution in [0, 0.1) is 5.82 Å². The monoisotopic (exact) mass is 531 g/mol. The van der Waals surface area contributed by atoms with Crippen molar-refractivity contribution in [1.29, 1.82) is 0 Å². The molecule has 1 atom stereocenters. The molecule has 2 fully saturated rings. The standard InChI is InChI=1S/C30H27ClFN3O3/c31-21-8-6-20(7-9-21)28(19-4-2-1-3-5-19)34-14-12-33(13-15-34)27-17-26-23(16-25(27)32)29(36)24(30(37)38)18-35(26)22-10-11-22/h1-9,16-18,22,28H,10-15H2,(H,37,38). The number of fused-ring (bicyclic) bond motifs is 1. The molecule has 194 valence electrons. The van der Waals surface area contributed by atoms with E-state index >= 15 is 4.39 Å². The van der Waals surface area contributed by atoms with Crippen molar-refractivity contribution in [2.45, 2.75) is 24.9 Å². The lowest BCUT2D eigenvalue weighted by molar-refractivity contribution is 0.0695. The van der Waals surface area contributed by atoms with Crippen LogP contribution in [0.5, 0.6) is 0 Å². The van der Waals surface area contributed by atoms with E-state index in [1.54, 1.807) is 6.07 Å². The third-order valence-electron chi connectivity index (χ3n) is 7.59. The number of rotatable bonds is 6. The number of carboxylic acid groups (broad SMARTS) is 1. The maximum absolute atomic E-state index is 15.4. The molecule has 1 aliphatic heterocycles. The summed E-state index contributed by atoms with van der Waals surface area (Å²) in [6.07, 6.45) is 3.24. The molecule has 0 radical (unpaired) electrons. The number of pyridine rings is 1. The highest BCUT2D eigenvalue weighted by Gasteiger charge is 2.30. The Balaban J connectivity index is 1.31. The third kappa shape index (κ3) is 4.57. The zero-order valence-electron chi connectivity index (χ0n) is 20.7. The molecule has 1 aliphatic carbocycles. The maximum Gasteiger partial charge on any atom is 0.341 e. The lowest BCUT2D eigenvalue weighted by Gasteiger charge is -2.40. The van der Waals surface area contributed by atoms with Crippen molar-refractivity contribution in [1.82, 2.24) is 9.47 Å². The Morgan fingerprint density at radius 1 is 0.947 bits per heavy atom. The summed E-state index contributed by atoms with van der Waals surface area (Å²) in [4.78, 5) is 28.9. The van der Waals surface area contributed by atoms with E-state index in [0.717, 1.165) is 18.4 Å².